The van der Waals surface area contributed by atoms with Gasteiger partial charge in [-0.15, -0.1) is 0 Å². The summed E-state index contributed by atoms with van der Waals surface area (Å²) >= 11 is 1.97. The van der Waals surface area contributed by atoms with Crippen molar-refractivity contribution < 1.29 is 8.81 Å². The molecule has 1 aromatic carbocycles. The van der Waals surface area contributed by atoms with Gasteiger partial charge in [0.25, 0.3) is 3.90 Å². The summed E-state index contributed by atoms with van der Waals surface area (Å²) in [6.45, 7) is -0.500. The molecule has 2 nitrogen and oxygen atoms in total. The molecule has 1 aromatic heterocycles. The largest absolute Gasteiger partial charge is 0.432 e. The molecule has 0 aliphatic heterocycles. The van der Waals surface area contributed by atoms with Crippen molar-refractivity contribution in [2.24, 2.45) is 0 Å². The van der Waals surface area contributed by atoms with E-state index in [-0.39, 0.29) is 0 Å². The van der Waals surface area contributed by atoms with E-state index in [4.69, 9.17) is 4.42 Å². The predicted molar refractivity (Wildman–Crippen MR) is 51.5 cm³/mol. The van der Waals surface area contributed by atoms with E-state index in [1.165, 1.54) is 0 Å². The number of nitrogens with zero attached hydrogens (tertiary/aromatic N) is 1. The SMILES string of the molecule is FCc1cccc2oc(I)nc12. The second kappa shape index (κ2) is 3.01. The zero-order chi connectivity index (χ0) is 8.55. The number of fused-ring (bicyclic) bond motifs is 1. The van der Waals surface area contributed by atoms with Crippen LogP contribution < -0.4 is 0 Å². The van der Waals surface area contributed by atoms with Gasteiger partial charge in [0.1, 0.15) is 12.2 Å². The minimum absolute atomic E-state index is 0.500. The van der Waals surface area contributed by atoms with Gasteiger partial charge in [0.15, 0.2) is 5.58 Å². The first kappa shape index (κ1) is 7.97. The monoisotopic (exact) mass is 277 g/mol. The summed E-state index contributed by atoms with van der Waals surface area (Å²) in [5.41, 5.74) is 1.86. The van der Waals surface area contributed by atoms with Crippen LogP contribution in [0.25, 0.3) is 11.1 Å². The number of alkyl halides is 1. The Balaban J connectivity index is 2.78. The van der Waals surface area contributed by atoms with Gasteiger partial charge in [0.05, 0.1) is 0 Å². The van der Waals surface area contributed by atoms with Crippen molar-refractivity contribution in [1.29, 1.82) is 0 Å². The fraction of sp³-hybridized carbons (Fsp3) is 0.125. The summed E-state index contributed by atoms with van der Waals surface area (Å²) < 4.78 is 18.1. The highest BCUT2D eigenvalue weighted by Gasteiger charge is 2.06. The Morgan fingerprint density at radius 1 is 1.50 bits per heavy atom. The van der Waals surface area contributed by atoms with Gasteiger partial charge in [-0.2, -0.15) is 0 Å². The summed E-state index contributed by atoms with van der Waals surface area (Å²) in [7, 11) is 0. The van der Waals surface area contributed by atoms with E-state index >= 15 is 0 Å². The summed E-state index contributed by atoms with van der Waals surface area (Å²) in [5.74, 6) is 0. The molecule has 0 unspecified atom stereocenters. The maximum atomic E-state index is 12.4. The second-order valence-electron chi connectivity index (χ2n) is 2.36. The van der Waals surface area contributed by atoms with Gasteiger partial charge in [-0.3, -0.25) is 0 Å². The average molecular weight is 277 g/mol. The summed E-state index contributed by atoms with van der Waals surface area (Å²) in [5, 5.41) is 0. The molecule has 2 aromatic rings. The van der Waals surface area contributed by atoms with Crippen LogP contribution in [-0.4, -0.2) is 4.98 Å². The van der Waals surface area contributed by atoms with Crippen LogP contribution in [0.1, 0.15) is 5.56 Å². The highest BCUT2D eigenvalue weighted by molar-refractivity contribution is 14.1. The van der Waals surface area contributed by atoms with E-state index in [1.54, 1.807) is 18.2 Å². The third-order valence-electron chi connectivity index (χ3n) is 1.62. The van der Waals surface area contributed by atoms with E-state index in [9.17, 15) is 4.39 Å². The first-order chi connectivity index (χ1) is 5.81. The first-order valence-electron chi connectivity index (χ1n) is 3.41. The molecule has 0 aliphatic carbocycles. The summed E-state index contributed by atoms with van der Waals surface area (Å²) in [6, 6.07) is 5.25. The topological polar surface area (TPSA) is 26.0 Å². The van der Waals surface area contributed by atoms with Crippen LogP contribution in [0.2, 0.25) is 0 Å². The van der Waals surface area contributed by atoms with Gasteiger partial charge in [-0.25, -0.2) is 9.37 Å². The maximum Gasteiger partial charge on any atom is 0.258 e. The first-order valence-corrected chi connectivity index (χ1v) is 4.49. The van der Waals surface area contributed by atoms with Crippen molar-refractivity contribution in [1.82, 2.24) is 4.98 Å². The Hall–Kier alpha value is -0.650. The highest BCUT2D eigenvalue weighted by Crippen LogP contribution is 2.20. The molecule has 4 heteroatoms. The van der Waals surface area contributed by atoms with E-state index in [2.05, 4.69) is 4.98 Å². The van der Waals surface area contributed by atoms with Crippen LogP contribution in [0.15, 0.2) is 22.6 Å². The molecule has 0 spiro atoms. The lowest BCUT2D eigenvalue weighted by molar-refractivity contribution is 0.487. The van der Waals surface area contributed by atoms with Gasteiger partial charge in [-0.1, -0.05) is 12.1 Å². The molecule has 2 rings (SSSR count). The summed E-state index contributed by atoms with van der Waals surface area (Å²) in [4.78, 5) is 4.06. The van der Waals surface area contributed by atoms with Crippen LogP contribution >= 0.6 is 22.6 Å². The van der Waals surface area contributed by atoms with Crippen molar-refractivity contribution in [3.63, 3.8) is 0 Å². The zero-order valence-corrected chi connectivity index (χ0v) is 8.21. The quantitative estimate of drug-likeness (QED) is 0.749. The Morgan fingerprint density at radius 3 is 3.08 bits per heavy atom. The third kappa shape index (κ3) is 1.20. The molecule has 0 amide bonds. The van der Waals surface area contributed by atoms with Gasteiger partial charge >= 0.3 is 0 Å². The fourth-order valence-corrected chi connectivity index (χ4v) is 1.56. The van der Waals surface area contributed by atoms with Crippen molar-refractivity contribution >= 4 is 33.7 Å². The van der Waals surface area contributed by atoms with E-state index in [0.717, 1.165) is 0 Å². The van der Waals surface area contributed by atoms with Crippen molar-refractivity contribution in [2.75, 3.05) is 0 Å². The number of hydrogen-bond donors (Lipinski definition) is 0. The number of rotatable bonds is 1. The molecule has 0 aliphatic rings. The normalized spacial score (nSPS) is 10.8. The maximum absolute atomic E-state index is 12.4. The van der Waals surface area contributed by atoms with E-state index in [1.807, 2.05) is 22.6 Å². The number of aromatic nitrogens is 1. The summed E-state index contributed by atoms with van der Waals surface area (Å²) in [6.07, 6.45) is 0. The van der Waals surface area contributed by atoms with Gasteiger partial charge in [0, 0.05) is 28.2 Å². The molecule has 0 saturated heterocycles. The molecule has 0 radical (unpaired) electrons. The molecule has 0 atom stereocenters. The fourth-order valence-electron chi connectivity index (χ4n) is 1.09. The Labute approximate surface area is 81.9 Å². The van der Waals surface area contributed by atoms with Crippen LogP contribution in [0.4, 0.5) is 4.39 Å². The Kier molecular flexibility index (Phi) is 2.00. The average Bonchev–Trinajstić information content (AvgIpc) is 2.44. The second-order valence-corrected chi connectivity index (χ2v) is 3.29. The number of hydrogen-bond acceptors (Lipinski definition) is 2. The lowest BCUT2D eigenvalue weighted by atomic mass is 10.2. The molecular weight excluding hydrogens is 272 g/mol. The number of para-hydroxylation sites is 1. The lowest BCUT2D eigenvalue weighted by Gasteiger charge is -1.91. The predicted octanol–water partition coefficient (Wildman–Crippen LogP) is 2.90. The van der Waals surface area contributed by atoms with Gasteiger partial charge in [0.2, 0.25) is 0 Å². The Morgan fingerprint density at radius 2 is 2.33 bits per heavy atom. The molecule has 12 heavy (non-hydrogen) atoms. The third-order valence-corrected chi connectivity index (χ3v) is 2.08. The molecule has 0 N–H and O–H groups in total. The number of oxazole rings is 1. The van der Waals surface area contributed by atoms with Crippen molar-refractivity contribution in [2.45, 2.75) is 6.67 Å². The molecular formula is C8H5FINO. The molecule has 0 bridgehead atoms. The van der Waals surface area contributed by atoms with Gasteiger partial charge in [-0.05, 0) is 6.07 Å². The minimum atomic E-state index is -0.500. The van der Waals surface area contributed by atoms with Crippen molar-refractivity contribution in [3.8, 4) is 0 Å². The minimum Gasteiger partial charge on any atom is -0.432 e. The molecule has 62 valence electrons. The molecule has 0 saturated carbocycles. The standard InChI is InChI=1S/C8H5FINO/c9-4-5-2-1-3-6-7(5)11-8(10)12-6/h1-3H,4H2. The van der Waals surface area contributed by atoms with Gasteiger partial charge < -0.3 is 4.42 Å². The zero-order valence-electron chi connectivity index (χ0n) is 6.05. The van der Waals surface area contributed by atoms with Crippen LogP contribution in [0.5, 0.6) is 0 Å². The lowest BCUT2D eigenvalue weighted by Crippen LogP contribution is -1.80. The molecule has 0 fully saturated rings. The van der Waals surface area contributed by atoms with Crippen LogP contribution in [0, 0.1) is 3.90 Å². The number of benzene rings is 1. The van der Waals surface area contributed by atoms with Crippen molar-refractivity contribution in [3.05, 3.63) is 27.7 Å². The van der Waals surface area contributed by atoms with Crippen LogP contribution in [0.3, 0.4) is 0 Å². The van der Waals surface area contributed by atoms with Crippen LogP contribution in [-0.2, 0) is 6.67 Å². The molecule has 1 heterocycles. The highest BCUT2D eigenvalue weighted by atomic mass is 127. The van der Waals surface area contributed by atoms with E-state index < -0.39 is 6.67 Å². The Bertz CT molecular complexity index is 412. The smallest absolute Gasteiger partial charge is 0.258 e. The van der Waals surface area contributed by atoms with E-state index in [0.29, 0.717) is 20.6 Å². The number of halogens is 2.